The third kappa shape index (κ3) is 2.90. The van der Waals surface area contributed by atoms with Crippen molar-refractivity contribution in [1.29, 1.82) is 0 Å². The Morgan fingerprint density at radius 2 is 1.95 bits per heavy atom. The van der Waals surface area contributed by atoms with Crippen molar-refractivity contribution in [2.24, 2.45) is 0 Å². The average molecular weight is 280 g/mol. The summed E-state index contributed by atoms with van der Waals surface area (Å²) >= 11 is 0. The summed E-state index contributed by atoms with van der Waals surface area (Å²) in [6, 6.07) is 16.1. The summed E-state index contributed by atoms with van der Waals surface area (Å²) in [5, 5.41) is 3.57. The summed E-state index contributed by atoms with van der Waals surface area (Å²) in [6.07, 6.45) is 2.38. The Morgan fingerprint density at radius 1 is 1.14 bits per heavy atom. The molecule has 110 valence electrons. The van der Waals surface area contributed by atoms with Gasteiger partial charge in [0.15, 0.2) is 0 Å². The zero-order valence-corrected chi connectivity index (χ0v) is 13.2. The van der Waals surface area contributed by atoms with E-state index in [1.54, 1.807) is 0 Å². The van der Waals surface area contributed by atoms with Crippen LogP contribution in [-0.2, 0) is 6.42 Å². The van der Waals surface area contributed by atoms with Crippen molar-refractivity contribution >= 4 is 17.1 Å². The lowest BCUT2D eigenvalue weighted by Gasteiger charge is -2.28. The predicted molar refractivity (Wildman–Crippen MR) is 91.7 cm³/mol. The topological polar surface area (TPSA) is 15.3 Å². The van der Waals surface area contributed by atoms with Gasteiger partial charge in [-0.1, -0.05) is 12.1 Å². The number of hydrogen-bond acceptors (Lipinski definition) is 2. The Hall–Kier alpha value is -1.96. The van der Waals surface area contributed by atoms with Gasteiger partial charge >= 0.3 is 0 Å². The smallest absolute Gasteiger partial charge is 0.0414 e. The first kappa shape index (κ1) is 14.0. The number of aryl methyl sites for hydroxylation is 2. The van der Waals surface area contributed by atoms with Gasteiger partial charge in [0.1, 0.15) is 0 Å². The van der Waals surface area contributed by atoms with Gasteiger partial charge in [0.25, 0.3) is 0 Å². The second-order valence-corrected chi connectivity index (χ2v) is 6.01. The van der Waals surface area contributed by atoms with Crippen molar-refractivity contribution in [2.75, 3.05) is 16.8 Å². The van der Waals surface area contributed by atoms with E-state index >= 15 is 0 Å². The number of hydrogen-bond donors (Lipinski definition) is 1. The molecule has 0 saturated carbocycles. The summed E-state index contributed by atoms with van der Waals surface area (Å²) in [5.41, 5.74) is 6.61. The molecule has 3 rings (SSSR count). The second kappa shape index (κ2) is 5.80. The van der Waals surface area contributed by atoms with E-state index in [-0.39, 0.29) is 0 Å². The third-order valence-electron chi connectivity index (χ3n) is 4.28. The Kier molecular flexibility index (Phi) is 3.87. The van der Waals surface area contributed by atoms with Crippen LogP contribution >= 0.6 is 0 Å². The Balaban J connectivity index is 1.95. The lowest BCUT2D eigenvalue weighted by Crippen LogP contribution is -2.22. The van der Waals surface area contributed by atoms with Crippen LogP contribution in [0, 0.1) is 6.92 Å². The lowest BCUT2D eigenvalue weighted by atomic mass is 9.98. The molecule has 0 radical (unpaired) electrons. The van der Waals surface area contributed by atoms with Crippen LogP contribution in [0.15, 0.2) is 42.5 Å². The van der Waals surface area contributed by atoms with Gasteiger partial charge in [-0.05, 0) is 75.1 Å². The fraction of sp³-hybridized carbons (Fsp3) is 0.368. The maximum atomic E-state index is 3.57. The molecule has 0 fully saturated rings. The first-order chi connectivity index (χ1) is 10.2. The molecule has 2 heteroatoms. The molecule has 0 amide bonds. The Bertz CT molecular complexity index is 633. The van der Waals surface area contributed by atoms with Crippen LogP contribution in [0.5, 0.6) is 0 Å². The highest BCUT2D eigenvalue weighted by atomic mass is 15.1. The van der Waals surface area contributed by atoms with Gasteiger partial charge < -0.3 is 10.2 Å². The summed E-state index contributed by atoms with van der Waals surface area (Å²) < 4.78 is 0. The van der Waals surface area contributed by atoms with E-state index in [2.05, 4.69) is 73.5 Å². The minimum atomic E-state index is 0.586. The number of fused-ring (bicyclic) bond motifs is 1. The highest BCUT2D eigenvalue weighted by Crippen LogP contribution is 2.32. The molecule has 2 aromatic rings. The molecular weight excluding hydrogens is 256 g/mol. The average Bonchev–Trinajstić information content (AvgIpc) is 2.48. The van der Waals surface area contributed by atoms with Crippen LogP contribution in [0.1, 0.15) is 31.4 Å². The number of nitrogens with zero attached hydrogens (tertiary/aromatic N) is 1. The third-order valence-corrected chi connectivity index (χ3v) is 4.28. The first-order valence-corrected chi connectivity index (χ1v) is 7.91. The minimum absolute atomic E-state index is 0.586. The van der Waals surface area contributed by atoms with E-state index in [4.69, 9.17) is 0 Å². The lowest BCUT2D eigenvalue weighted by molar-refractivity contribution is 0.681. The fourth-order valence-electron chi connectivity index (χ4n) is 3.12. The Labute approximate surface area is 127 Å². The maximum absolute atomic E-state index is 3.57. The van der Waals surface area contributed by atoms with Gasteiger partial charge in [-0.3, -0.25) is 0 Å². The summed E-state index contributed by atoms with van der Waals surface area (Å²) in [7, 11) is 0. The monoisotopic (exact) mass is 280 g/mol. The molecule has 0 saturated heterocycles. The molecule has 1 aliphatic rings. The van der Waals surface area contributed by atoms with Crippen LogP contribution in [0.4, 0.5) is 17.1 Å². The van der Waals surface area contributed by atoms with Crippen molar-refractivity contribution < 1.29 is 0 Å². The van der Waals surface area contributed by atoms with E-state index < -0.39 is 0 Å². The van der Waals surface area contributed by atoms with Crippen LogP contribution in [0.3, 0.4) is 0 Å². The van der Waals surface area contributed by atoms with E-state index in [0.29, 0.717) is 6.04 Å². The van der Waals surface area contributed by atoms with Gasteiger partial charge in [-0.15, -0.1) is 0 Å². The normalized spacial score (nSPS) is 17.0. The van der Waals surface area contributed by atoms with Gasteiger partial charge in [-0.25, -0.2) is 0 Å². The number of rotatable bonds is 3. The molecule has 1 atom stereocenters. The number of nitrogens with one attached hydrogen (secondary N) is 1. The van der Waals surface area contributed by atoms with Crippen LogP contribution < -0.4 is 10.2 Å². The zero-order valence-electron chi connectivity index (χ0n) is 13.2. The molecule has 1 unspecified atom stereocenters. The molecule has 1 aliphatic heterocycles. The maximum Gasteiger partial charge on any atom is 0.0414 e. The van der Waals surface area contributed by atoms with Crippen molar-refractivity contribution in [2.45, 2.75) is 39.7 Å². The quantitative estimate of drug-likeness (QED) is 0.860. The highest BCUT2D eigenvalue weighted by molar-refractivity contribution is 5.68. The second-order valence-electron chi connectivity index (χ2n) is 6.01. The number of benzene rings is 2. The van der Waals surface area contributed by atoms with E-state index in [1.807, 2.05) is 0 Å². The van der Waals surface area contributed by atoms with Crippen LogP contribution in [0.2, 0.25) is 0 Å². The van der Waals surface area contributed by atoms with E-state index in [9.17, 15) is 0 Å². The molecule has 21 heavy (non-hydrogen) atoms. The summed E-state index contributed by atoms with van der Waals surface area (Å²) in [5.74, 6) is 0. The fourth-order valence-corrected chi connectivity index (χ4v) is 3.12. The highest BCUT2D eigenvalue weighted by Gasteiger charge is 2.16. The SMILES string of the molecule is CCN(c1cccc(C)c1)c1ccc2c(c1)CCC(C)N2. The first-order valence-electron chi connectivity index (χ1n) is 7.91. The molecule has 0 spiro atoms. The zero-order chi connectivity index (χ0) is 14.8. The van der Waals surface area contributed by atoms with Gasteiger partial charge in [0.2, 0.25) is 0 Å². The largest absolute Gasteiger partial charge is 0.382 e. The molecular formula is C19H24N2. The molecule has 0 aromatic heterocycles. The van der Waals surface area contributed by atoms with Gasteiger partial charge in [0.05, 0.1) is 0 Å². The van der Waals surface area contributed by atoms with Crippen molar-refractivity contribution in [3.05, 3.63) is 53.6 Å². The van der Waals surface area contributed by atoms with Crippen LogP contribution in [0.25, 0.3) is 0 Å². The standard InChI is InChI=1S/C19H24N2/c1-4-21(17-7-5-6-14(2)12-17)18-10-11-19-16(13-18)9-8-15(3)20-19/h5-7,10-13,15,20H,4,8-9H2,1-3H3. The Morgan fingerprint density at radius 3 is 2.71 bits per heavy atom. The summed E-state index contributed by atoms with van der Waals surface area (Å²) in [6.45, 7) is 7.59. The van der Waals surface area contributed by atoms with Gasteiger partial charge in [-0.2, -0.15) is 0 Å². The van der Waals surface area contributed by atoms with Crippen molar-refractivity contribution in [3.8, 4) is 0 Å². The van der Waals surface area contributed by atoms with E-state index in [0.717, 1.165) is 6.54 Å². The summed E-state index contributed by atoms with van der Waals surface area (Å²) in [4.78, 5) is 2.38. The van der Waals surface area contributed by atoms with Crippen LogP contribution in [-0.4, -0.2) is 12.6 Å². The predicted octanol–water partition coefficient (Wildman–Crippen LogP) is 4.90. The minimum Gasteiger partial charge on any atom is -0.382 e. The molecule has 0 aliphatic carbocycles. The molecule has 2 nitrogen and oxygen atoms in total. The van der Waals surface area contributed by atoms with Crippen molar-refractivity contribution in [3.63, 3.8) is 0 Å². The van der Waals surface area contributed by atoms with Gasteiger partial charge in [0, 0.05) is 29.6 Å². The number of anilines is 3. The van der Waals surface area contributed by atoms with Crippen molar-refractivity contribution in [1.82, 2.24) is 0 Å². The van der Waals surface area contributed by atoms with E-state index in [1.165, 1.54) is 41.0 Å². The molecule has 0 bridgehead atoms. The molecule has 1 heterocycles. The molecule has 2 aromatic carbocycles. The molecule has 1 N–H and O–H groups in total.